The molecule has 2 aliphatic carbocycles. The van der Waals surface area contributed by atoms with E-state index in [0.29, 0.717) is 6.42 Å². The summed E-state index contributed by atoms with van der Waals surface area (Å²) in [6, 6.07) is 10.0. The summed E-state index contributed by atoms with van der Waals surface area (Å²) in [5.41, 5.74) is 2.98. The molecule has 1 unspecified atom stereocenters. The van der Waals surface area contributed by atoms with Crippen molar-refractivity contribution in [3.05, 3.63) is 53.1 Å². The van der Waals surface area contributed by atoms with Crippen molar-refractivity contribution in [3.8, 4) is 0 Å². The highest BCUT2D eigenvalue weighted by molar-refractivity contribution is 6.21. The lowest BCUT2D eigenvalue weighted by atomic mass is 9.74. The van der Waals surface area contributed by atoms with Gasteiger partial charge in [0, 0.05) is 6.42 Å². The molecule has 2 aromatic rings. The molecule has 0 saturated heterocycles. The molecule has 0 aromatic heterocycles. The first-order valence-corrected chi connectivity index (χ1v) is 6.05. The summed E-state index contributed by atoms with van der Waals surface area (Å²) >= 11 is 0. The minimum absolute atomic E-state index is 0.0248. The van der Waals surface area contributed by atoms with Crippen molar-refractivity contribution in [3.63, 3.8) is 0 Å². The molecule has 86 valence electrons. The first kappa shape index (κ1) is 9.77. The van der Waals surface area contributed by atoms with Gasteiger partial charge < -0.3 is 0 Å². The van der Waals surface area contributed by atoms with E-state index in [9.17, 15) is 9.59 Å². The summed E-state index contributed by atoms with van der Waals surface area (Å²) in [6.07, 6.45) is 3.73. The Morgan fingerprint density at radius 1 is 1.00 bits per heavy atom. The number of carbonyl (C=O) groups excluding carboxylic acids is 2. The van der Waals surface area contributed by atoms with Gasteiger partial charge in [-0.2, -0.15) is 0 Å². The van der Waals surface area contributed by atoms with Gasteiger partial charge in [0.15, 0.2) is 11.6 Å². The van der Waals surface area contributed by atoms with E-state index in [1.165, 1.54) is 6.08 Å². The smallest absolute Gasteiger partial charge is 0.170 e. The summed E-state index contributed by atoms with van der Waals surface area (Å²) in [4.78, 5) is 24.1. The largest absolute Gasteiger partial charge is 0.298 e. The second-order valence-corrected chi connectivity index (χ2v) is 4.90. The normalized spacial score (nSPS) is 20.6. The fourth-order valence-corrected chi connectivity index (χ4v) is 3.12. The van der Waals surface area contributed by atoms with Crippen LogP contribution in [0.15, 0.2) is 36.4 Å². The molecule has 18 heavy (non-hydrogen) atoms. The van der Waals surface area contributed by atoms with Crippen LogP contribution in [0, 0.1) is 0 Å². The summed E-state index contributed by atoms with van der Waals surface area (Å²) < 4.78 is 0. The average Bonchev–Trinajstić information content (AvgIpc) is 2.38. The Morgan fingerprint density at radius 3 is 2.78 bits per heavy atom. The molecule has 4 rings (SSSR count). The SMILES string of the molecule is O=C1C=Cc2ccc3cccc4c3c2C1C(=O)C4. The van der Waals surface area contributed by atoms with E-state index in [0.717, 1.165) is 27.5 Å². The van der Waals surface area contributed by atoms with E-state index in [4.69, 9.17) is 0 Å². The van der Waals surface area contributed by atoms with Crippen LogP contribution in [-0.2, 0) is 16.0 Å². The number of allylic oxidation sites excluding steroid dienone is 1. The van der Waals surface area contributed by atoms with E-state index < -0.39 is 5.92 Å². The van der Waals surface area contributed by atoms with Crippen molar-refractivity contribution < 1.29 is 9.59 Å². The van der Waals surface area contributed by atoms with Gasteiger partial charge in [-0.15, -0.1) is 0 Å². The van der Waals surface area contributed by atoms with E-state index in [1.54, 1.807) is 0 Å². The highest BCUT2D eigenvalue weighted by Crippen LogP contribution is 2.40. The Labute approximate surface area is 104 Å². The molecule has 0 spiro atoms. The predicted molar refractivity (Wildman–Crippen MR) is 69.4 cm³/mol. The molecular weight excluding hydrogens is 224 g/mol. The Kier molecular flexibility index (Phi) is 1.72. The molecule has 0 aliphatic heterocycles. The van der Waals surface area contributed by atoms with Gasteiger partial charge in [-0.1, -0.05) is 36.4 Å². The lowest BCUT2D eigenvalue weighted by Gasteiger charge is -2.27. The Bertz CT molecular complexity index is 753. The monoisotopic (exact) mass is 234 g/mol. The van der Waals surface area contributed by atoms with Crippen LogP contribution in [0.5, 0.6) is 0 Å². The maximum atomic E-state index is 12.2. The molecule has 2 heteroatoms. The lowest BCUT2D eigenvalue weighted by molar-refractivity contribution is -0.126. The molecule has 2 nitrogen and oxygen atoms in total. The second kappa shape index (κ2) is 3.16. The summed E-state index contributed by atoms with van der Waals surface area (Å²) in [6.45, 7) is 0. The number of Topliss-reactive ketones (excluding diaryl/α,β-unsaturated/α-hetero) is 1. The number of hydrogen-bond acceptors (Lipinski definition) is 2. The number of ketones is 2. The number of carbonyl (C=O) groups is 2. The van der Waals surface area contributed by atoms with Crippen LogP contribution >= 0.6 is 0 Å². The van der Waals surface area contributed by atoms with Crippen molar-refractivity contribution in [2.75, 3.05) is 0 Å². The number of rotatable bonds is 0. The Morgan fingerprint density at radius 2 is 1.89 bits per heavy atom. The number of benzene rings is 2. The molecule has 0 amide bonds. The van der Waals surface area contributed by atoms with E-state index >= 15 is 0 Å². The average molecular weight is 234 g/mol. The van der Waals surface area contributed by atoms with Gasteiger partial charge in [-0.3, -0.25) is 9.59 Å². The van der Waals surface area contributed by atoms with Gasteiger partial charge in [0.05, 0.1) is 0 Å². The van der Waals surface area contributed by atoms with E-state index in [1.807, 2.05) is 30.3 Å². The van der Waals surface area contributed by atoms with Crippen LogP contribution in [0.1, 0.15) is 22.6 Å². The third-order valence-corrected chi connectivity index (χ3v) is 3.89. The van der Waals surface area contributed by atoms with Crippen molar-refractivity contribution in [2.24, 2.45) is 0 Å². The summed E-state index contributed by atoms with van der Waals surface area (Å²) in [5, 5.41) is 2.23. The zero-order chi connectivity index (χ0) is 12.3. The molecule has 2 aliphatic rings. The standard InChI is InChI=1S/C16H10O2/c17-12-7-6-10-5-4-9-2-1-3-11-8-13(18)16(12)15(10)14(9)11/h1-7,16H,8H2. The van der Waals surface area contributed by atoms with Crippen molar-refractivity contribution in [2.45, 2.75) is 12.3 Å². The molecule has 1 atom stereocenters. The van der Waals surface area contributed by atoms with Gasteiger partial charge in [0.1, 0.15) is 5.92 Å². The molecule has 2 aromatic carbocycles. The van der Waals surface area contributed by atoms with Gasteiger partial charge >= 0.3 is 0 Å². The van der Waals surface area contributed by atoms with E-state index in [-0.39, 0.29) is 11.6 Å². The van der Waals surface area contributed by atoms with Crippen LogP contribution < -0.4 is 0 Å². The minimum Gasteiger partial charge on any atom is -0.298 e. The lowest BCUT2D eigenvalue weighted by Crippen LogP contribution is -2.28. The Hall–Kier alpha value is -2.22. The topological polar surface area (TPSA) is 34.1 Å². The fourth-order valence-electron chi connectivity index (χ4n) is 3.12. The zero-order valence-corrected chi connectivity index (χ0v) is 9.64. The third-order valence-electron chi connectivity index (χ3n) is 3.89. The van der Waals surface area contributed by atoms with Crippen LogP contribution in [0.25, 0.3) is 16.8 Å². The van der Waals surface area contributed by atoms with Gasteiger partial charge in [0.2, 0.25) is 0 Å². The molecule has 0 bridgehead atoms. The van der Waals surface area contributed by atoms with Crippen LogP contribution in [-0.4, -0.2) is 11.6 Å². The molecule has 0 heterocycles. The first-order valence-electron chi connectivity index (χ1n) is 6.05. The van der Waals surface area contributed by atoms with Gasteiger partial charge in [-0.05, 0) is 33.5 Å². The molecular formula is C16H10O2. The second-order valence-electron chi connectivity index (χ2n) is 4.90. The first-order chi connectivity index (χ1) is 8.75. The third kappa shape index (κ3) is 1.07. The molecule has 0 fully saturated rings. The van der Waals surface area contributed by atoms with Crippen LogP contribution in [0.2, 0.25) is 0 Å². The maximum absolute atomic E-state index is 12.2. The summed E-state index contributed by atoms with van der Waals surface area (Å²) in [5.74, 6) is -0.616. The van der Waals surface area contributed by atoms with Gasteiger partial charge in [-0.25, -0.2) is 0 Å². The fraction of sp³-hybridized carbons (Fsp3) is 0.125. The quantitative estimate of drug-likeness (QED) is 0.657. The van der Waals surface area contributed by atoms with E-state index in [2.05, 4.69) is 6.07 Å². The molecule has 0 saturated carbocycles. The van der Waals surface area contributed by atoms with Crippen molar-refractivity contribution >= 4 is 28.4 Å². The Balaban J connectivity index is 2.23. The van der Waals surface area contributed by atoms with Crippen LogP contribution in [0.3, 0.4) is 0 Å². The number of hydrogen-bond donors (Lipinski definition) is 0. The predicted octanol–water partition coefficient (Wildman–Crippen LogP) is 2.64. The zero-order valence-electron chi connectivity index (χ0n) is 9.64. The summed E-state index contributed by atoms with van der Waals surface area (Å²) in [7, 11) is 0. The molecule has 0 radical (unpaired) electrons. The molecule has 0 N–H and O–H groups in total. The highest BCUT2D eigenvalue weighted by Gasteiger charge is 2.36. The minimum atomic E-state index is -0.566. The van der Waals surface area contributed by atoms with Gasteiger partial charge in [0.25, 0.3) is 0 Å². The van der Waals surface area contributed by atoms with Crippen LogP contribution in [0.4, 0.5) is 0 Å². The highest BCUT2D eigenvalue weighted by atomic mass is 16.1. The maximum Gasteiger partial charge on any atom is 0.170 e. The van der Waals surface area contributed by atoms with Crippen molar-refractivity contribution in [1.82, 2.24) is 0 Å². The van der Waals surface area contributed by atoms with Crippen molar-refractivity contribution in [1.29, 1.82) is 0 Å².